The van der Waals surface area contributed by atoms with Gasteiger partial charge in [0.15, 0.2) is 0 Å². The van der Waals surface area contributed by atoms with Crippen molar-refractivity contribution in [1.82, 2.24) is 0 Å². The lowest BCUT2D eigenvalue weighted by Gasteiger charge is -2.29. The van der Waals surface area contributed by atoms with Crippen molar-refractivity contribution in [2.24, 2.45) is 5.92 Å². The van der Waals surface area contributed by atoms with Gasteiger partial charge in [0.25, 0.3) is 0 Å². The van der Waals surface area contributed by atoms with Crippen LogP contribution in [0.2, 0.25) is 0 Å². The van der Waals surface area contributed by atoms with Crippen LogP contribution in [0, 0.1) is 5.92 Å². The summed E-state index contributed by atoms with van der Waals surface area (Å²) in [6.45, 7) is 4.55. The Kier molecular flexibility index (Phi) is 4.31. The van der Waals surface area contributed by atoms with E-state index in [1.807, 2.05) is 7.05 Å². The van der Waals surface area contributed by atoms with E-state index in [0.29, 0.717) is 0 Å². The Bertz CT molecular complexity index is 350. The highest BCUT2D eigenvalue weighted by atomic mass is 32.3. The monoisotopic (exact) mass is 239 g/mol. The maximum Gasteiger partial charge on any atom is 0.0460 e. The van der Waals surface area contributed by atoms with Crippen LogP contribution in [0.5, 0.6) is 0 Å². The molecule has 0 aliphatic rings. The molecule has 16 heavy (non-hydrogen) atoms. The fraction of sp³-hybridized carbons (Fsp3) is 0.571. The third kappa shape index (κ3) is 3.44. The van der Waals surface area contributed by atoms with Gasteiger partial charge in [0, 0.05) is 17.6 Å². The molecule has 0 saturated heterocycles. The molecule has 0 bridgehead atoms. The SMILES string of the molecule is CNc1ccc(CC(C)C)cc1S(C)(C)C. The maximum atomic E-state index is 3.30. The fourth-order valence-electron chi connectivity index (χ4n) is 1.88. The second kappa shape index (κ2) is 5.13. The van der Waals surface area contributed by atoms with Crippen molar-refractivity contribution in [2.45, 2.75) is 25.2 Å². The number of rotatable bonds is 4. The summed E-state index contributed by atoms with van der Waals surface area (Å²) in [4.78, 5) is 1.49. The molecule has 0 unspecified atom stereocenters. The molecule has 0 heterocycles. The number of nitrogens with one attached hydrogen (secondary N) is 1. The van der Waals surface area contributed by atoms with Crippen LogP contribution in [0.3, 0.4) is 0 Å². The van der Waals surface area contributed by atoms with E-state index < -0.39 is 10.0 Å². The number of hydrogen-bond acceptors (Lipinski definition) is 1. The van der Waals surface area contributed by atoms with Gasteiger partial charge >= 0.3 is 0 Å². The minimum Gasteiger partial charge on any atom is -0.387 e. The Morgan fingerprint density at radius 1 is 1.19 bits per heavy atom. The Morgan fingerprint density at radius 3 is 2.25 bits per heavy atom. The number of benzene rings is 1. The average Bonchev–Trinajstić information content (AvgIpc) is 2.15. The van der Waals surface area contributed by atoms with Gasteiger partial charge in [-0.25, -0.2) is 10.0 Å². The quantitative estimate of drug-likeness (QED) is 0.838. The lowest BCUT2D eigenvalue weighted by Crippen LogP contribution is -2.02. The first kappa shape index (κ1) is 13.4. The zero-order chi connectivity index (χ0) is 12.3. The summed E-state index contributed by atoms with van der Waals surface area (Å²) in [7, 11) is 1.34. The van der Waals surface area contributed by atoms with Crippen LogP contribution in [-0.4, -0.2) is 25.8 Å². The van der Waals surface area contributed by atoms with Crippen molar-refractivity contribution in [3.63, 3.8) is 0 Å². The molecule has 0 aliphatic carbocycles. The van der Waals surface area contributed by atoms with E-state index in [9.17, 15) is 0 Å². The third-order valence-corrected chi connectivity index (χ3v) is 4.28. The highest BCUT2D eigenvalue weighted by molar-refractivity contribution is 8.32. The largest absolute Gasteiger partial charge is 0.387 e. The molecule has 1 nitrogen and oxygen atoms in total. The molecule has 0 fully saturated rings. The zero-order valence-electron chi connectivity index (χ0n) is 11.4. The summed E-state index contributed by atoms with van der Waals surface area (Å²) in [6.07, 6.45) is 8.22. The van der Waals surface area contributed by atoms with Gasteiger partial charge in [-0.05, 0) is 48.8 Å². The predicted molar refractivity (Wildman–Crippen MR) is 78.2 cm³/mol. The van der Waals surface area contributed by atoms with Crippen molar-refractivity contribution in [2.75, 3.05) is 31.1 Å². The van der Waals surface area contributed by atoms with Gasteiger partial charge in [0.2, 0.25) is 0 Å². The number of hydrogen-bond donors (Lipinski definition) is 1. The summed E-state index contributed by atoms with van der Waals surface area (Å²) >= 11 is 0. The topological polar surface area (TPSA) is 12.0 Å². The van der Waals surface area contributed by atoms with Crippen molar-refractivity contribution in [3.05, 3.63) is 23.8 Å². The standard InChI is InChI=1S/C14H25NS/c1-11(2)9-12-7-8-13(15-3)14(10-12)16(4,5)6/h7-8,10-11,15H,9H2,1-6H3. The molecule has 92 valence electrons. The molecular weight excluding hydrogens is 214 g/mol. The molecule has 0 saturated carbocycles. The molecule has 0 spiro atoms. The molecule has 0 amide bonds. The highest BCUT2D eigenvalue weighted by Crippen LogP contribution is 2.49. The Balaban J connectivity index is 3.12. The van der Waals surface area contributed by atoms with E-state index in [4.69, 9.17) is 0 Å². The van der Waals surface area contributed by atoms with Crippen LogP contribution in [0.1, 0.15) is 19.4 Å². The Morgan fingerprint density at radius 2 is 1.81 bits per heavy atom. The zero-order valence-corrected chi connectivity index (χ0v) is 12.2. The lowest BCUT2D eigenvalue weighted by atomic mass is 10.0. The van der Waals surface area contributed by atoms with Crippen LogP contribution in [0.15, 0.2) is 23.1 Å². The van der Waals surface area contributed by atoms with Gasteiger partial charge < -0.3 is 5.32 Å². The van der Waals surface area contributed by atoms with E-state index in [0.717, 1.165) is 5.92 Å². The average molecular weight is 239 g/mol. The molecule has 0 aliphatic heterocycles. The first-order chi connectivity index (χ1) is 7.34. The molecule has 2 heteroatoms. The van der Waals surface area contributed by atoms with Crippen molar-refractivity contribution in [3.8, 4) is 0 Å². The van der Waals surface area contributed by atoms with Gasteiger partial charge in [-0.3, -0.25) is 0 Å². The van der Waals surface area contributed by atoms with Gasteiger partial charge in [-0.15, -0.1) is 0 Å². The van der Waals surface area contributed by atoms with Gasteiger partial charge in [0.05, 0.1) is 0 Å². The summed E-state index contributed by atoms with van der Waals surface area (Å²) in [5.41, 5.74) is 2.75. The fourth-order valence-corrected chi connectivity index (χ4v) is 3.21. The second-order valence-electron chi connectivity index (χ2n) is 5.52. The molecule has 1 N–H and O–H groups in total. The summed E-state index contributed by atoms with van der Waals surface area (Å²) < 4.78 is 0. The van der Waals surface area contributed by atoms with Crippen molar-refractivity contribution >= 4 is 15.7 Å². The normalized spacial score (nSPS) is 12.9. The summed E-state index contributed by atoms with van der Waals surface area (Å²) in [6, 6.07) is 6.87. The molecule has 0 aromatic heterocycles. The molecule has 1 rings (SSSR count). The molecule has 1 aromatic carbocycles. The van der Waals surface area contributed by atoms with E-state index in [1.165, 1.54) is 22.6 Å². The summed E-state index contributed by atoms with van der Waals surface area (Å²) in [5, 5.41) is 3.30. The first-order valence-corrected chi connectivity index (χ1v) is 8.69. The maximum absolute atomic E-state index is 3.30. The minimum atomic E-state index is -0.666. The van der Waals surface area contributed by atoms with Crippen molar-refractivity contribution in [1.29, 1.82) is 0 Å². The smallest absolute Gasteiger partial charge is 0.0460 e. The van der Waals surface area contributed by atoms with Crippen molar-refractivity contribution < 1.29 is 0 Å². The van der Waals surface area contributed by atoms with Gasteiger partial charge in [-0.1, -0.05) is 19.9 Å². The van der Waals surface area contributed by atoms with E-state index in [-0.39, 0.29) is 0 Å². The van der Waals surface area contributed by atoms with Gasteiger partial charge in [-0.2, -0.15) is 0 Å². The Hall–Kier alpha value is -0.630. The van der Waals surface area contributed by atoms with E-state index in [1.54, 1.807) is 0 Å². The highest BCUT2D eigenvalue weighted by Gasteiger charge is 2.13. The Labute approximate surface area is 102 Å². The molecule has 0 atom stereocenters. The van der Waals surface area contributed by atoms with Crippen LogP contribution in [0.25, 0.3) is 0 Å². The lowest BCUT2D eigenvalue weighted by molar-refractivity contribution is 0.646. The predicted octanol–water partition coefficient (Wildman–Crippen LogP) is 3.98. The van der Waals surface area contributed by atoms with Gasteiger partial charge in [0.1, 0.15) is 0 Å². The van der Waals surface area contributed by atoms with E-state index >= 15 is 0 Å². The van der Waals surface area contributed by atoms with Crippen LogP contribution >= 0.6 is 10.0 Å². The summed E-state index contributed by atoms with van der Waals surface area (Å²) in [5.74, 6) is 0.725. The second-order valence-corrected chi connectivity index (χ2v) is 9.63. The minimum absolute atomic E-state index is 0.666. The molecular formula is C14H25NS. The molecule has 1 aromatic rings. The first-order valence-electron chi connectivity index (χ1n) is 5.83. The molecule has 0 radical (unpaired) electrons. The van der Waals surface area contributed by atoms with Crippen LogP contribution in [0.4, 0.5) is 5.69 Å². The third-order valence-electron chi connectivity index (χ3n) is 2.62. The van der Waals surface area contributed by atoms with Crippen LogP contribution < -0.4 is 5.32 Å². The number of anilines is 1. The van der Waals surface area contributed by atoms with E-state index in [2.05, 4.69) is 56.1 Å². The van der Waals surface area contributed by atoms with Crippen LogP contribution in [-0.2, 0) is 6.42 Å².